The quantitative estimate of drug-likeness (QED) is 0.162. The summed E-state index contributed by atoms with van der Waals surface area (Å²) in [5.41, 5.74) is 18.4. The van der Waals surface area contributed by atoms with Crippen molar-refractivity contribution in [1.82, 2.24) is 0 Å². The molecule has 11 rings (SSSR count). The van der Waals surface area contributed by atoms with Crippen molar-refractivity contribution < 1.29 is 4.42 Å². The van der Waals surface area contributed by atoms with Crippen LogP contribution in [0.25, 0.3) is 66.4 Å². The fourth-order valence-electron chi connectivity index (χ4n) is 9.17. The van der Waals surface area contributed by atoms with Crippen LogP contribution in [0.5, 0.6) is 0 Å². The predicted octanol–water partition coefficient (Wildman–Crippen LogP) is 15.4. The lowest BCUT2D eigenvalue weighted by Crippen LogP contribution is -2.22. The van der Waals surface area contributed by atoms with Crippen molar-refractivity contribution in [3.63, 3.8) is 0 Å². The van der Waals surface area contributed by atoms with Crippen molar-refractivity contribution in [3.05, 3.63) is 235 Å². The fraction of sp³-hybridized carbons (Fsp3) is 0.0357. The highest BCUT2D eigenvalue weighted by atomic mass is 16.3. The van der Waals surface area contributed by atoms with E-state index in [1.54, 1.807) is 0 Å². The molecule has 0 amide bonds. The molecule has 0 saturated heterocycles. The zero-order chi connectivity index (χ0) is 38.6. The molecule has 0 spiro atoms. The Labute approximate surface area is 338 Å². The lowest BCUT2D eigenvalue weighted by molar-refractivity contribution is 0.667. The average Bonchev–Trinajstić information content (AvgIpc) is 3.80. The van der Waals surface area contributed by atoms with E-state index in [-0.39, 0.29) is 5.41 Å². The largest absolute Gasteiger partial charge is 0.456 e. The van der Waals surface area contributed by atoms with Crippen LogP contribution >= 0.6 is 0 Å². The molecule has 0 unspecified atom stereocenters. The molecule has 2 nitrogen and oxygen atoms in total. The Hall–Kier alpha value is -7.42. The van der Waals surface area contributed by atoms with Gasteiger partial charge in [-0.3, -0.25) is 0 Å². The second kappa shape index (κ2) is 13.7. The first kappa shape index (κ1) is 33.9. The molecule has 0 fully saturated rings. The topological polar surface area (TPSA) is 16.4 Å². The van der Waals surface area contributed by atoms with Crippen molar-refractivity contribution in [2.24, 2.45) is 0 Å². The number of fused-ring (bicyclic) bond motifs is 6. The number of benzene rings is 9. The molecule has 1 aliphatic rings. The van der Waals surface area contributed by atoms with Gasteiger partial charge < -0.3 is 9.32 Å². The molecule has 274 valence electrons. The Balaban J connectivity index is 0.975. The summed E-state index contributed by atoms with van der Waals surface area (Å²) in [5.74, 6) is 0. The molecule has 0 radical (unpaired) electrons. The van der Waals surface area contributed by atoms with E-state index in [9.17, 15) is 0 Å². The first-order chi connectivity index (χ1) is 28.6. The summed E-state index contributed by atoms with van der Waals surface area (Å²) in [6.07, 6.45) is 0. The number of anilines is 3. The lowest BCUT2D eigenvalue weighted by Gasteiger charge is -2.28. The highest BCUT2D eigenvalue weighted by molar-refractivity contribution is 6.06. The Morgan fingerprint density at radius 2 is 0.845 bits per heavy atom. The number of nitrogens with zero attached hydrogens (tertiary/aromatic N) is 1. The third-order valence-electron chi connectivity index (χ3n) is 12.2. The van der Waals surface area contributed by atoms with Crippen molar-refractivity contribution in [2.75, 3.05) is 4.90 Å². The van der Waals surface area contributed by atoms with Crippen LogP contribution in [0.4, 0.5) is 17.1 Å². The van der Waals surface area contributed by atoms with Crippen molar-refractivity contribution in [2.45, 2.75) is 12.3 Å². The van der Waals surface area contributed by atoms with Crippen LogP contribution in [-0.4, -0.2) is 0 Å². The molecule has 0 aliphatic heterocycles. The second-order valence-electron chi connectivity index (χ2n) is 15.5. The monoisotopic (exact) mass is 741 g/mol. The summed E-state index contributed by atoms with van der Waals surface area (Å²) >= 11 is 0. The first-order valence-electron chi connectivity index (χ1n) is 20.0. The molecule has 1 heterocycles. The van der Waals surface area contributed by atoms with E-state index in [1.165, 1.54) is 50.1 Å². The maximum Gasteiger partial charge on any atom is 0.136 e. The van der Waals surface area contributed by atoms with E-state index in [2.05, 4.69) is 230 Å². The van der Waals surface area contributed by atoms with Crippen LogP contribution in [-0.2, 0) is 5.41 Å². The molecule has 0 N–H and O–H groups in total. The van der Waals surface area contributed by atoms with Gasteiger partial charge in [0.15, 0.2) is 0 Å². The van der Waals surface area contributed by atoms with Gasteiger partial charge in [-0.25, -0.2) is 0 Å². The Kier molecular flexibility index (Phi) is 7.97. The minimum absolute atomic E-state index is 0.263. The minimum Gasteiger partial charge on any atom is -0.456 e. The van der Waals surface area contributed by atoms with Gasteiger partial charge in [0.05, 0.1) is 0 Å². The van der Waals surface area contributed by atoms with Crippen LogP contribution in [0, 0.1) is 0 Å². The van der Waals surface area contributed by atoms with E-state index in [0.717, 1.165) is 50.1 Å². The van der Waals surface area contributed by atoms with Gasteiger partial charge in [0.1, 0.15) is 11.2 Å². The van der Waals surface area contributed by atoms with Crippen molar-refractivity contribution in [1.29, 1.82) is 0 Å². The van der Waals surface area contributed by atoms with Crippen LogP contribution < -0.4 is 4.90 Å². The number of furan rings is 1. The van der Waals surface area contributed by atoms with Gasteiger partial charge in [0.2, 0.25) is 0 Å². The van der Waals surface area contributed by atoms with Crippen molar-refractivity contribution in [3.8, 4) is 44.5 Å². The van der Waals surface area contributed by atoms with Gasteiger partial charge in [-0.15, -0.1) is 0 Å². The normalized spacial score (nSPS) is 12.7. The summed E-state index contributed by atoms with van der Waals surface area (Å²) in [5, 5.41) is 2.26. The van der Waals surface area contributed by atoms with E-state index in [1.807, 2.05) is 0 Å². The highest BCUT2D eigenvalue weighted by Gasteiger charge is 2.40. The summed E-state index contributed by atoms with van der Waals surface area (Å²) in [4.78, 5) is 2.34. The van der Waals surface area contributed by atoms with Crippen LogP contribution in [0.15, 0.2) is 223 Å². The zero-order valence-corrected chi connectivity index (χ0v) is 32.1. The van der Waals surface area contributed by atoms with Gasteiger partial charge in [0, 0.05) is 33.2 Å². The highest BCUT2D eigenvalue weighted by Crippen LogP contribution is 2.53. The minimum atomic E-state index is -0.263. The van der Waals surface area contributed by atoms with Gasteiger partial charge in [-0.05, 0) is 129 Å². The Bertz CT molecular complexity index is 2980. The maximum atomic E-state index is 6.61. The van der Waals surface area contributed by atoms with Crippen LogP contribution in [0.3, 0.4) is 0 Å². The third-order valence-corrected chi connectivity index (χ3v) is 12.2. The second-order valence-corrected chi connectivity index (χ2v) is 15.5. The SMILES string of the molecule is CC1(c2ccc3oc4cc(-c5cccc(N(c6ccc(-c7ccccc7)cc6)c6ccc(-c7ccccc7)cc6)c5)ccc4c3c2)c2ccccc2-c2ccccc21. The molecule has 0 atom stereocenters. The number of hydrogen-bond donors (Lipinski definition) is 0. The summed E-state index contributed by atoms with van der Waals surface area (Å²) < 4.78 is 6.61. The molecule has 0 bridgehead atoms. The molecular weight excluding hydrogens is 703 g/mol. The molecule has 10 aromatic rings. The molecular formula is C56H39NO. The van der Waals surface area contributed by atoms with E-state index >= 15 is 0 Å². The maximum absolute atomic E-state index is 6.61. The molecule has 9 aromatic carbocycles. The van der Waals surface area contributed by atoms with Gasteiger partial charge in [0.25, 0.3) is 0 Å². The van der Waals surface area contributed by atoms with E-state index in [0.29, 0.717) is 0 Å². The summed E-state index contributed by atoms with van der Waals surface area (Å²) in [6, 6.07) is 78.8. The molecule has 58 heavy (non-hydrogen) atoms. The Morgan fingerprint density at radius 3 is 1.45 bits per heavy atom. The molecule has 1 aromatic heterocycles. The van der Waals surface area contributed by atoms with Crippen LogP contribution in [0.2, 0.25) is 0 Å². The standard InChI is InChI=1S/C56H39NO/c1-56(52-21-10-8-19-48(52)49-20-9-11-22-53(49)56)44-28-34-54-51(37-44)50-33-27-43(36-55(50)58-54)42-17-12-18-47(35-42)57(45-29-23-40(24-30-45)38-13-4-2-5-14-38)46-31-25-41(26-32-46)39-15-6-3-7-16-39/h2-37H,1H3. The molecule has 0 saturated carbocycles. The predicted molar refractivity (Wildman–Crippen MR) is 242 cm³/mol. The van der Waals surface area contributed by atoms with E-state index < -0.39 is 0 Å². The first-order valence-corrected chi connectivity index (χ1v) is 20.0. The fourth-order valence-corrected chi connectivity index (χ4v) is 9.17. The zero-order valence-electron chi connectivity index (χ0n) is 32.1. The number of rotatable bonds is 7. The van der Waals surface area contributed by atoms with Gasteiger partial charge in [-0.1, -0.05) is 158 Å². The van der Waals surface area contributed by atoms with Crippen LogP contribution in [0.1, 0.15) is 23.6 Å². The molecule has 1 aliphatic carbocycles. The Morgan fingerprint density at radius 1 is 0.345 bits per heavy atom. The molecule has 2 heteroatoms. The third kappa shape index (κ3) is 5.56. The van der Waals surface area contributed by atoms with E-state index in [4.69, 9.17) is 4.42 Å². The number of hydrogen-bond acceptors (Lipinski definition) is 2. The van der Waals surface area contributed by atoms with Gasteiger partial charge in [-0.2, -0.15) is 0 Å². The smallest absolute Gasteiger partial charge is 0.136 e. The lowest BCUT2D eigenvalue weighted by atomic mass is 9.74. The van der Waals surface area contributed by atoms with Gasteiger partial charge >= 0.3 is 0 Å². The average molecular weight is 742 g/mol. The summed E-state index contributed by atoms with van der Waals surface area (Å²) in [7, 11) is 0. The summed E-state index contributed by atoms with van der Waals surface area (Å²) in [6.45, 7) is 2.37. The van der Waals surface area contributed by atoms with Crippen molar-refractivity contribution >= 4 is 39.0 Å².